The number of tetrazole rings is 1. The van der Waals surface area contributed by atoms with E-state index in [0.717, 1.165) is 4.80 Å². The van der Waals surface area contributed by atoms with Crippen LogP contribution in [0.15, 0.2) is 27.2 Å². The van der Waals surface area contributed by atoms with E-state index in [4.69, 9.17) is 14.4 Å². The van der Waals surface area contributed by atoms with Gasteiger partial charge in [-0.25, -0.2) is 4.39 Å². The first-order valence-electron chi connectivity index (χ1n) is 8.68. The van der Waals surface area contributed by atoms with Crippen LogP contribution in [0.3, 0.4) is 0 Å². The average molecular weight is 468 g/mol. The smallest absolute Gasteiger partial charge is 0.327 e. The van der Waals surface area contributed by atoms with Crippen LogP contribution in [0.2, 0.25) is 0 Å². The number of halogens is 2. The van der Waals surface area contributed by atoms with Gasteiger partial charge in [0.15, 0.2) is 6.54 Å². The zero-order valence-electron chi connectivity index (χ0n) is 14.9. The van der Waals surface area contributed by atoms with Gasteiger partial charge in [0.05, 0.1) is 4.47 Å². The zero-order chi connectivity index (χ0) is 20.4. The number of carbonyl (C=O) groups is 1. The second kappa shape index (κ2) is 8.11. The van der Waals surface area contributed by atoms with E-state index in [0.29, 0.717) is 42.2 Å². The standard InChI is InChI=1S/C16H15BrFN7O4/c17-11-2-1-9(18)7-12(11)28-10-3-5-24(6-4-10)16-19-14(22-29-16)15-20-23-25(21-15)8-13(26)27/h1-2,7,10H,3-6,8H2,(H,26,27). The van der Waals surface area contributed by atoms with E-state index in [-0.39, 0.29) is 23.6 Å². The highest BCUT2D eigenvalue weighted by molar-refractivity contribution is 9.10. The van der Waals surface area contributed by atoms with Crippen molar-refractivity contribution in [1.29, 1.82) is 0 Å². The minimum absolute atomic E-state index is 0.0654. The van der Waals surface area contributed by atoms with Gasteiger partial charge in [-0.1, -0.05) is 5.16 Å². The van der Waals surface area contributed by atoms with E-state index in [1.54, 1.807) is 6.07 Å². The van der Waals surface area contributed by atoms with Crippen molar-refractivity contribution < 1.29 is 23.6 Å². The number of carboxylic acids is 1. The fraction of sp³-hybridized carbons (Fsp3) is 0.375. The maximum atomic E-state index is 13.4. The molecular formula is C16H15BrFN7O4. The molecule has 152 valence electrons. The SMILES string of the molecule is O=C(O)Cn1nnc(-c2noc(N3CCC(Oc4cc(F)ccc4Br)CC3)n2)n1. The fourth-order valence-electron chi connectivity index (χ4n) is 2.87. The van der Waals surface area contributed by atoms with Gasteiger partial charge in [0.2, 0.25) is 11.6 Å². The van der Waals surface area contributed by atoms with Crippen LogP contribution in [-0.2, 0) is 11.3 Å². The molecule has 0 bridgehead atoms. The summed E-state index contributed by atoms with van der Waals surface area (Å²) >= 11 is 3.36. The molecule has 0 aliphatic carbocycles. The van der Waals surface area contributed by atoms with Crippen molar-refractivity contribution >= 4 is 27.9 Å². The van der Waals surface area contributed by atoms with Crippen LogP contribution in [-0.4, -0.2) is 60.6 Å². The largest absolute Gasteiger partial charge is 0.489 e. The Hall–Kier alpha value is -3.09. The Kier molecular flexibility index (Phi) is 5.38. The summed E-state index contributed by atoms with van der Waals surface area (Å²) < 4.78 is 25.3. The van der Waals surface area contributed by atoms with Gasteiger partial charge < -0.3 is 19.3 Å². The molecule has 1 aliphatic rings. The van der Waals surface area contributed by atoms with Crippen molar-refractivity contribution in [3.05, 3.63) is 28.5 Å². The lowest BCUT2D eigenvalue weighted by Gasteiger charge is -2.30. The van der Waals surface area contributed by atoms with Gasteiger partial charge in [-0.2, -0.15) is 9.78 Å². The highest BCUT2D eigenvalue weighted by Crippen LogP contribution is 2.29. The summed E-state index contributed by atoms with van der Waals surface area (Å²) in [5.41, 5.74) is 0. The van der Waals surface area contributed by atoms with Crippen molar-refractivity contribution in [2.45, 2.75) is 25.5 Å². The van der Waals surface area contributed by atoms with Crippen molar-refractivity contribution in [2.24, 2.45) is 0 Å². The molecule has 1 N–H and O–H groups in total. The monoisotopic (exact) mass is 467 g/mol. The van der Waals surface area contributed by atoms with Crippen LogP contribution in [0.5, 0.6) is 5.75 Å². The molecule has 0 saturated carbocycles. The van der Waals surface area contributed by atoms with E-state index in [2.05, 4.69) is 41.5 Å². The lowest BCUT2D eigenvalue weighted by Crippen LogP contribution is -2.38. The molecule has 0 amide bonds. The predicted octanol–water partition coefficient (Wildman–Crippen LogP) is 1.76. The van der Waals surface area contributed by atoms with Gasteiger partial charge in [0, 0.05) is 32.0 Å². The fourth-order valence-corrected chi connectivity index (χ4v) is 3.21. The molecule has 4 rings (SSSR count). The summed E-state index contributed by atoms with van der Waals surface area (Å²) in [7, 11) is 0. The number of rotatable bonds is 6. The Morgan fingerprint density at radius 1 is 1.34 bits per heavy atom. The lowest BCUT2D eigenvalue weighted by molar-refractivity contribution is -0.138. The van der Waals surface area contributed by atoms with Crippen molar-refractivity contribution in [3.8, 4) is 17.4 Å². The van der Waals surface area contributed by atoms with Gasteiger partial charge >= 0.3 is 12.0 Å². The van der Waals surface area contributed by atoms with E-state index in [1.165, 1.54) is 12.1 Å². The van der Waals surface area contributed by atoms with Gasteiger partial charge in [-0.05, 0) is 33.3 Å². The van der Waals surface area contributed by atoms with Gasteiger partial charge in [0.1, 0.15) is 17.7 Å². The normalized spacial score (nSPS) is 14.9. The summed E-state index contributed by atoms with van der Waals surface area (Å²) in [6.45, 7) is 0.809. The first kappa shape index (κ1) is 19.2. The highest BCUT2D eigenvalue weighted by Gasteiger charge is 2.26. The molecule has 13 heteroatoms. The number of aromatic nitrogens is 6. The molecule has 2 aromatic heterocycles. The number of aliphatic carboxylic acids is 1. The van der Waals surface area contributed by atoms with Crippen LogP contribution in [0, 0.1) is 5.82 Å². The third kappa shape index (κ3) is 4.50. The number of carboxylic acid groups (broad SMARTS) is 1. The molecule has 0 spiro atoms. The molecule has 1 aromatic carbocycles. The molecule has 1 aliphatic heterocycles. The Morgan fingerprint density at radius 2 is 2.14 bits per heavy atom. The second-order valence-corrected chi connectivity index (χ2v) is 7.17. The molecule has 29 heavy (non-hydrogen) atoms. The maximum Gasteiger partial charge on any atom is 0.327 e. The number of nitrogens with zero attached hydrogens (tertiary/aromatic N) is 7. The number of piperidine rings is 1. The van der Waals surface area contributed by atoms with Crippen LogP contribution in [0.1, 0.15) is 12.8 Å². The first-order valence-corrected chi connectivity index (χ1v) is 9.47. The van der Waals surface area contributed by atoms with Crippen LogP contribution >= 0.6 is 15.9 Å². The lowest BCUT2D eigenvalue weighted by atomic mass is 10.1. The molecule has 0 unspecified atom stereocenters. The molecule has 11 nitrogen and oxygen atoms in total. The highest BCUT2D eigenvalue weighted by atomic mass is 79.9. The third-order valence-electron chi connectivity index (χ3n) is 4.24. The topological polar surface area (TPSA) is 132 Å². The second-order valence-electron chi connectivity index (χ2n) is 6.32. The molecular weight excluding hydrogens is 453 g/mol. The van der Waals surface area contributed by atoms with E-state index >= 15 is 0 Å². The van der Waals surface area contributed by atoms with E-state index in [9.17, 15) is 9.18 Å². The van der Waals surface area contributed by atoms with Crippen molar-refractivity contribution in [2.75, 3.05) is 18.0 Å². The number of hydrogen-bond donors (Lipinski definition) is 1. The number of hydrogen-bond acceptors (Lipinski definition) is 9. The predicted molar refractivity (Wildman–Crippen MR) is 98.7 cm³/mol. The van der Waals surface area contributed by atoms with E-state index < -0.39 is 12.5 Å². The van der Waals surface area contributed by atoms with Gasteiger partial charge in [0.25, 0.3) is 0 Å². The summed E-state index contributed by atoms with van der Waals surface area (Å²) in [6, 6.07) is 4.63. The van der Waals surface area contributed by atoms with E-state index in [1.807, 2.05) is 4.90 Å². The summed E-state index contributed by atoms with van der Waals surface area (Å²) in [6.07, 6.45) is 1.31. The van der Waals surface area contributed by atoms with Crippen molar-refractivity contribution in [3.63, 3.8) is 0 Å². The summed E-state index contributed by atoms with van der Waals surface area (Å²) in [5, 5.41) is 23.8. The third-order valence-corrected chi connectivity index (χ3v) is 4.90. The van der Waals surface area contributed by atoms with Crippen LogP contribution in [0.4, 0.5) is 10.4 Å². The molecule has 1 fully saturated rings. The van der Waals surface area contributed by atoms with Gasteiger partial charge in [-0.15, -0.1) is 10.2 Å². The average Bonchev–Trinajstić information content (AvgIpc) is 3.34. The molecule has 0 radical (unpaired) electrons. The Labute approximate surface area is 171 Å². The number of anilines is 1. The Morgan fingerprint density at radius 3 is 2.90 bits per heavy atom. The first-order chi connectivity index (χ1) is 14.0. The Balaban J connectivity index is 1.36. The Bertz CT molecular complexity index is 1020. The number of ether oxygens (including phenoxy) is 1. The molecule has 1 saturated heterocycles. The summed E-state index contributed by atoms with van der Waals surface area (Å²) in [5.74, 6) is -0.765. The molecule has 3 aromatic rings. The zero-order valence-corrected chi connectivity index (χ0v) is 16.5. The summed E-state index contributed by atoms with van der Waals surface area (Å²) in [4.78, 5) is 17.8. The quantitative estimate of drug-likeness (QED) is 0.571. The van der Waals surface area contributed by atoms with Crippen LogP contribution < -0.4 is 9.64 Å². The maximum absolute atomic E-state index is 13.4. The molecule has 3 heterocycles. The number of benzene rings is 1. The molecule has 0 atom stereocenters. The minimum atomic E-state index is -1.09. The van der Waals surface area contributed by atoms with Crippen LogP contribution in [0.25, 0.3) is 11.6 Å². The van der Waals surface area contributed by atoms with Crippen molar-refractivity contribution in [1.82, 2.24) is 30.3 Å². The van der Waals surface area contributed by atoms with Gasteiger partial charge in [-0.3, -0.25) is 4.79 Å². The minimum Gasteiger partial charge on any atom is -0.489 e.